The summed E-state index contributed by atoms with van der Waals surface area (Å²) in [7, 11) is 0. The number of fused-ring (bicyclic) bond motifs is 5. The highest BCUT2D eigenvalue weighted by Crippen LogP contribution is 2.34. The second-order valence-corrected chi connectivity index (χ2v) is 4.49. The number of hydrogen-bond acceptors (Lipinski definition) is 2. The lowest BCUT2D eigenvalue weighted by atomic mass is 10.1. The Labute approximate surface area is 107 Å². The summed E-state index contributed by atoms with van der Waals surface area (Å²) in [4.78, 5) is 14.0. The van der Waals surface area contributed by atoms with Gasteiger partial charge in [-0.2, -0.15) is 0 Å². The standard InChI is InChI=1S/C15H9NO3/c17-15(18)10-7-8-5-6-12-13(14(8)16-10)9-3-1-2-4-11(9)19-12/h1-7,16H,(H,17,18). The minimum atomic E-state index is -0.961. The summed E-state index contributed by atoms with van der Waals surface area (Å²) < 4.78 is 5.76. The van der Waals surface area contributed by atoms with E-state index >= 15 is 0 Å². The van der Waals surface area contributed by atoms with Crippen molar-refractivity contribution in [2.24, 2.45) is 0 Å². The SMILES string of the molecule is O=C(O)c1cc2ccc3oc4ccccc4c3c2[nH]1. The van der Waals surface area contributed by atoms with Gasteiger partial charge in [-0.15, -0.1) is 0 Å². The number of carbonyl (C=O) groups is 1. The number of aromatic carboxylic acids is 1. The summed E-state index contributed by atoms with van der Waals surface area (Å²) in [5.74, 6) is -0.961. The number of benzene rings is 2. The Morgan fingerprint density at radius 2 is 1.95 bits per heavy atom. The molecule has 0 aliphatic heterocycles. The first-order valence-corrected chi connectivity index (χ1v) is 5.90. The molecule has 0 bridgehead atoms. The lowest BCUT2D eigenvalue weighted by molar-refractivity contribution is 0.0691. The number of rotatable bonds is 1. The van der Waals surface area contributed by atoms with Crippen LogP contribution in [0.5, 0.6) is 0 Å². The van der Waals surface area contributed by atoms with Crippen LogP contribution in [-0.2, 0) is 0 Å². The molecule has 19 heavy (non-hydrogen) atoms. The smallest absolute Gasteiger partial charge is 0.352 e. The summed E-state index contributed by atoms with van der Waals surface area (Å²) in [6.07, 6.45) is 0. The third-order valence-corrected chi connectivity index (χ3v) is 3.37. The molecular formula is C15H9NO3. The van der Waals surface area contributed by atoms with E-state index in [4.69, 9.17) is 9.52 Å². The quantitative estimate of drug-likeness (QED) is 0.541. The first-order valence-electron chi connectivity index (χ1n) is 5.90. The van der Waals surface area contributed by atoms with Gasteiger partial charge in [-0.05, 0) is 24.3 Å². The van der Waals surface area contributed by atoms with Gasteiger partial charge in [0, 0.05) is 10.8 Å². The molecule has 4 heteroatoms. The monoisotopic (exact) mass is 251 g/mol. The van der Waals surface area contributed by atoms with Crippen LogP contribution >= 0.6 is 0 Å². The molecule has 2 aromatic carbocycles. The molecule has 92 valence electrons. The van der Waals surface area contributed by atoms with Gasteiger partial charge in [-0.3, -0.25) is 0 Å². The lowest BCUT2D eigenvalue weighted by Gasteiger charge is -1.92. The summed E-state index contributed by atoms with van der Waals surface area (Å²) in [5.41, 5.74) is 2.55. The van der Waals surface area contributed by atoms with Gasteiger partial charge in [-0.1, -0.05) is 18.2 Å². The molecule has 0 aliphatic rings. The zero-order chi connectivity index (χ0) is 13.0. The Hall–Kier alpha value is -2.75. The molecule has 0 amide bonds. The highest BCUT2D eigenvalue weighted by atomic mass is 16.4. The molecule has 0 spiro atoms. The van der Waals surface area contributed by atoms with Crippen LogP contribution in [0.4, 0.5) is 0 Å². The molecule has 0 saturated carbocycles. The number of furan rings is 1. The highest BCUT2D eigenvalue weighted by molar-refractivity contribution is 6.18. The molecule has 0 aliphatic carbocycles. The number of para-hydroxylation sites is 1. The minimum absolute atomic E-state index is 0.188. The van der Waals surface area contributed by atoms with E-state index in [1.54, 1.807) is 6.07 Å². The third kappa shape index (κ3) is 1.31. The molecule has 0 radical (unpaired) electrons. The fraction of sp³-hybridized carbons (Fsp3) is 0. The first kappa shape index (κ1) is 10.2. The number of nitrogens with one attached hydrogen (secondary N) is 1. The highest BCUT2D eigenvalue weighted by Gasteiger charge is 2.14. The van der Waals surface area contributed by atoms with Crippen LogP contribution in [0.1, 0.15) is 10.5 Å². The molecule has 2 N–H and O–H groups in total. The number of carboxylic acids is 1. The summed E-state index contributed by atoms with van der Waals surface area (Å²) >= 11 is 0. The van der Waals surface area contributed by atoms with Crippen molar-refractivity contribution >= 4 is 38.8 Å². The van der Waals surface area contributed by atoms with E-state index in [1.165, 1.54) is 0 Å². The summed E-state index contributed by atoms with van der Waals surface area (Å²) in [6.45, 7) is 0. The van der Waals surface area contributed by atoms with Crippen LogP contribution in [0.3, 0.4) is 0 Å². The van der Waals surface area contributed by atoms with Gasteiger partial charge in [0.15, 0.2) is 0 Å². The maximum absolute atomic E-state index is 11.1. The first-order chi connectivity index (χ1) is 9.24. The van der Waals surface area contributed by atoms with Crippen LogP contribution in [0.2, 0.25) is 0 Å². The minimum Gasteiger partial charge on any atom is -0.477 e. The van der Waals surface area contributed by atoms with Crippen LogP contribution < -0.4 is 0 Å². The number of aromatic amines is 1. The third-order valence-electron chi connectivity index (χ3n) is 3.37. The normalized spacial score (nSPS) is 11.6. The predicted octanol–water partition coefficient (Wildman–Crippen LogP) is 3.77. The summed E-state index contributed by atoms with van der Waals surface area (Å²) in [6, 6.07) is 13.1. The van der Waals surface area contributed by atoms with Crippen molar-refractivity contribution in [3.63, 3.8) is 0 Å². The van der Waals surface area contributed by atoms with Crippen molar-refractivity contribution in [2.45, 2.75) is 0 Å². The molecule has 4 aromatic rings. The molecule has 0 unspecified atom stereocenters. The number of carboxylic acid groups (broad SMARTS) is 1. The van der Waals surface area contributed by atoms with Crippen molar-refractivity contribution in [1.29, 1.82) is 0 Å². The maximum Gasteiger partial charge on any atom is 0.352 e. The Balaban J connectivity index is 2.25. The predicted molar refractivity (Wildman–Crippen MR) is 72.5 cm³/mol. The Kier molecular flexibility index (Phi) is 1.82. The van der Waals surface area contributed by atoms with Crippen molar-refractivity contribution < 1.29 is 14.3 Å². The fourth-order valence-electron chi connectivity index (χ4n) is 2.53. The molecule has 2 aromatic heterocycles. The van der Waals surface area contributed by atoms with Crippen LogP contribution in [0.15, 0.2) is 46.9 Å². The second-order valence-electron chi connectivity index (χ2n) is 4.49. The molecule has 0 atom stereocenters. The zero-order valence-corrected chi connectivity index (χ0v) is 9.81. The van der Waals surface area contributed by atoms with Gasteiger partial charge in [0.1, 0.15) is 16.9 Å². The van der Waals surface area contributed by atoms with Crippen molar-refractivity contribution in [3.05, 3.63) is 48.2 Å². The van der Waals surface area contributed by atoms with Crippen LogP contribution in [-0.4, -0.2) is 16.1 Å². The van der Waals surface area contributed by atoms with Gasteiger partial charge in [0.2, 0.25) is 0 Å². The average molecular weight is 251 g/mol. The van der Waals surface area contributed by atoms with Crippen molar-refractivity contribution in [3.8, 4) is 0 Å². The topological polar surface area (TPSA) is 66.2 Å². The Morgan fingerprint density at radius 1 is 1.11 bits per heavy atom. The van der Waals surface area contributed by atoms with E-state index in [-0.39, 0.29) is 5.69 Å². The average Bonchev–Trinajstić information content (AvgIpc) is 2.98. The van der Waals surface area contributed by atoms with E-state index in [0.717, 1.165) is 32.8 Å². The van der Waals surface area contributed by atoms with E-state index in [2.05, 4.69) is 4.98 Å². The zero-order valence-electron chi connectivity index (χ0n) is 9.81. The summed E-state index contributed by atoms with van der Waals surface area (Å²) in [5, 5.41) is 11.9. The molecule has 4 nitrogen and oxygen atoms in total. The van der Waals surface area contributed by atoms with Gasteiger partial charge in [0.05, 0.1) is 10.9 Å². The fourth-order valence-corrected chi connectivity index (χ4v) is 2.53. The maximum atomic E-state index is 11.1. The van der Waals surface area contributed by atoms with Crippen molar-refractivity contribution in [1.82, 2.24) is 4.98 Å². The van der Waals surface area contributed by atoms with Crippen LogP contribution in [0, 0.1) is 0 Å². The van der Waals surface area contributed by atoms with Crippen LogP contribution in [0.25, 0.3) is 32.8 Å². The second kappa shape index (κ2) is 3.38. The number of aromatic nitrogens is 1. The Morgan fingerprint density at radius 3 is 2.79 bits per heavy atom. The lowest BCUT2D eigenvalue weighted by Crippen LogP contribution is -1.94. The molecular weight excluding hydrogens is 242 g/mol. The molecule has 2 heterocycles. The van der Waals surface area contributed by atoms with E-state index in [1.807, 2.05) is 36.4 Å². The number of H-pyrrole nitrogens is 1. The van der Waals surface area contributed by atoms with Gasteiger partial charge in [-0.25, -0.2) is 4.79 Å². The number of hydrogen-bond donors (Lipinski definition) is 2. The molecule has 0 fully saturated rings. The van der Waals surface area contributed by atoms with Gasteiger partial charge < -0.3 is 14.5 Å². The Bertz CT molecular complexity index is 946. The molecule has 0 saturated heterocycles. The van der Waals surface area contributed by atoms with Crippen molar-refractivity contribution in [2.75, 3.05) is 0 Å². The van der Waals surface area contributed by atoms with E-state index in [9.17, 15) is 4.79 Å². The molecule has 4 rings (SSSR count). The van der Waals surface area contributed by atoms with E-state index < -0.39 is 5.97 Å². The van der Waals surface area contributed by atoms with Gasteiger partial charge >= 0.3 is 5.97 Å². The largest absolute Gasteiger partial charge is 0.477 e. The van der Waals surface area contributed by atoms with E-state index in [0.29, 0.717) is 0 Å². The van der Waals surface area contributed by atoms with Gasteiger partial charge in [0.25, 0.3) is 0 Å².